The lowest BCUT2D eigenvalue weighted by atomic mass is 9.98. The average Bonchev–Trinajstić information content (AvgIpc) is 3.47. The molecule has 28 heavy (non-hydrogen) atoms. The van der Waals surface area contributed by atoms with E-state index in [0.717, 1.165) is 6.07 Å². The number of hydrogen-bond acceptors (Lipinski definition) is 5. The number of fused-ring (bicyclic) bond motifs is 1. The summed E-state index contributed by atoms with van der Waals surface area (Å²) < 4.78 is 40.0. The molecule has 4 rings (SSSR count). The molecule has 1 saturated carbocycles. The number of pyridine rings is 1. The number of rotatable bonds is 5. The lowest BCUT2D eigenvalue weighted by Crippen LogP contribution is -2.09. The second-order valence-corrected chi connectivity index (χ2v) is 6.95. The van der Waals surface area contributed by atoms with E-state index in [4.69, 9.17) is 11.6 Å². The van der Waals surface area contributed by atoms with Gasteiger partial charge in [-0.15, -0.1) is 0 Å². The highest BCUT2D eigenvalue weighted by molar-refractivity contribution is 6.30. The first-order valence-electron chi connectivity index (χ1n) is 8.47. The zero-order valence-electron chi connectivity index (χ0n) is 14.4. The third kappa shape index (κ3) is 3.12. The van der Waals surface area contributed by atoms with E-state index in [1.807, 2.05) is 0 Å². The lowest BCUT2D eigenvalue weighted by molar-refractivity contribution is 0.146. The number of alkyl halides is 2. The Balaban J connectivity index is 1.69. The van der Waals surface area contributed by atoms with Gasteiger partial charge in [0, 0.05) is 17.7 Å². The van der Waals surface area contributed by atoms with Crippen molar-refractivity contribution < 1.29 is 13.2 Å². The van der Waals surface area contributed by atoms with Crippen LogP contribution in [0.1, 0.15) is 36.0 Å². The maximum Gasteiger partial charge on any atom is 0.266 e. The Morgan fingerprint density at radius 2 is 2.07 bits per heavy atom. The summed E-state index contributed by atoms with van der Waals surface area (Å²) in [6, 6.07) is 7.84. The zero-order valence-corrected chi connectivity index (χ0v) is 15.1. The molecule has 5 nitrogen and oxygen atoms in total. The molecule has 1 N–H and O–H groups in total. The van der Waals surface area contributed by atoms with Gasteiger partial charge in [0.15, 0.2) is 5.65 Å². The number of nitrogens with one attached hydrogen (secondary N) is 1. The van der Waals surface area contributed by atoms with Crippen LogP contribution in [0.25, 0.3) is 11.0 Å². The third-order valence-electron chi connectivity index (χ3n) is 4.85. The van der Waals surface area contributed by atoms with E-state index >= 15 is 0 Å². The van der Waals surface area contributed by atoms with Gasteiger partial charge in [-0.2, -0.15) is 5.26 Å². The molecule has 1 aliphatic carbocycles. The molecule has 0 saturated heterocycles. The fourth-order valence-corrected chi connectivity index (χ4v) is 3.41. The molecule has 0 amide bonds. The Kier molecular flexibility index (Phi) is 4.55. The van der Waals surface area contributed by atoms with Gasteiger partial charge in [-0.25, -0.2) is 28.1 Å². The Morgan fingerprint density at radius 1 is 1.29 bits per heavy atom. The van der Waals surface area contributed by atoms with Gasteiger partial charge >= 0.3 is 0 Å². The maximum atomic E-state index is 14.2. The lowest BCUT2D eigenvalue weighted by Gasteiger charge is -2.13. The Hall–Kier alpha value is -2.92. The van der Waals surface area contributed by atoms with Crippen LogP contribution >= 0.6 is 11.6 Å². The molecule has 0 aliphatic heterocycles. The molecule has 0 unspecified atom stereocenters. The quantitative estimate of drug-likeness (QED) is 0.612. The van der Waals surface area contributed by atoms with Crippen LogP contribution in [-0.4, -0.2) is 15.0 Å². The zero-order chi connectivity index (χ0) is 19.9. The van der Waals surface area contributed by atoms with Crippen LogP contribution < -0.4 is 5.32 Å². The van der Waals surface area contributed by atoms with E-state index in [9.17, 15) is 18.4 Å². The third-order valence-corrected chi connectivity index (χ3v) is 5.14. The van der Waals surface area contributed by atoms with Crippen molar-refractivity contribution >= 4 is 28.5 Å². The first-order chi connectivity index (χ1) is 13.4. The SMILES string of the molecule is N#CC1(c2cc3c(NCc4cccc(C(F)F)c4F)ncnc3nc2Cl)CC1. The van der Waals surface area contributed by atoms with Crippen LogP contribution in [0.15, 0.2) is 30.6 Å². The summed E-state index contributed by atoms with van der Waals surface area (Å²) >= 11 is 6.24. The molecule has 142 valence electrons. The van der Waals surface area contributed by atoms with Crippen molar-refractivity contribution in [3.8, 4) is 6.07 Å². The summed E-state index contributed by atoms with van der Waals surface area (Å²) in [6.45, 7) is -0.0557. The number of anilines is 1. The molecule has 0 atom stereocenters. The van der Waals surface area contributed by atoms with Crippen molar-refractivity contribution in [2.24, 2.45) is 0 Å². The summed E-state index contributed by atoms with van der Waals surface area (Å²) in [5.41, 5.74) is -0.285. The number of aromatic nitrogens is 3. The molecule has 3 aromatic rings. The first kappa shape index (κ1) is 18.4. The standard InChI is InChI=1S/C19H13ClF3N5/c20-15-13(19(8-24)4-5-19)6-12-17(26-9-27-18(12)28-15)25-7-10-2-1-3-11(14(10)21)16(22)23/h1-3,6,9,16H,4-5,7H2,(H,25,26,27,28). The van der Waals surface area contributed by atoms with Gasteiger partial charge in [-0.05, 0) is 18.9 Å². The topological polar surface area (TPSA) is 74.5 Å². The van der Waals surface area contributed by atoms with Crippen LogP contribution in [0.5, 0.6) is 0 Å². The predicted octanol–water partition coefficient (Wildman–Crippen LogP) is 4.92. The van der Waals surface area contributed by atoms with Crippen LogP contribution in [0.3, 0.4) is 0 Å². The molecular formula is C19H13ClF3N5. The Bertz CT molecular complexity index is 1110. The van der Waals surface area contributed by atoms with Gasteiger partial charge in [0.1, 0.15) is 23.1 Å². The minimum Gasteiger partial charge on any atom is -0.365 e. The fraction of sp³-hybridized carbons (Fsp3) is 0.263. The number of halogens is 4. The van der Waals surface area contributed by atoms with Gasteiger partial charge in [-0.3, -0.25) is 0 Å². The molecule has 1 aromatic carbocycles. The molecule has 2 heterocycles. The summed E-state index contributed by atoms with van der Waals surface area (Å²) in [5, 5.41) is 13.1. The predicted molar refractivity (Wildman–Crippen MR) is 97.6 cm³/mol. The van der Waals surface area contributed by atoms with E-state index in [-0.39, 0.29) is 17.3 Å². The van der Waals surface area contributed by atoms with Crippen molar-refractivity contribution in [3.05, 3.63) is 58.3 Å². The van der Waals surface area contributed by atoms with Crippen molar-refractivity contribution in [2.45, 2.75) is 31.2 Å². The van der Waals surface area contributed by atoms with Crippen molar-refractivity contribution in [1.82, 2.24) is 15.0 Å². The van der Waals surface area contributed by atoms with Crippen molar-refractivity contribution in [3.63, 3.8) is 0 Å². The summed E-state index contributed by atoms with van der Waals surface area (Å²) in [5.74, 6) is -0.599. The van der Waals surface area contributed by atoms with Crippen molar-refractivity contribution in [2.75, 3.05) is 5.32 Å². The molecule has 2 aromatic heterocycles. The number of nitrogens with zero attached hydrogens (tertiary/aromatic N) is 4. The van der Waals surface area contributed by atoms with E-state index in [1.165, 1.54) is 18.5 Å². The number of benzene rings is 1. The summed E-state index contributed by atoms with van der Waals surface area (Å²) in [7, 11) is 0. The highest BCUT2D eigenvalue weighted by Crippen LogP contribution is 2.50. The van der Waals surface area contributed by atoms with Crippen LogP contribution in [0.2, 0.25) is 5.15 Å². The van der Waals surface area contributed by atoms with E-state index < -0.39 is 23.2 Å². The van der Waals surface area contributed by atoms with Crippen LogP contribution in [0.4, 0.5) is 19.0 Å². The fourth-order valence-electron chi connectivity index (χ4n) is 3.09. The monoisotopic (exact) mass is 403 g/mol. The van der Waals surface area contributed by atoms with Gasteiger partial charge in [0.25, 0.3) is 6.43 Å². The van der Waals surface area contributed by atoms with E-state index in [2.05, 4.69) is 26.3 Å². The second kappa shape index (κ2) is 6.91. The first-order valence-corrected chi connectivity index (χ1v) is 8.85. The number of hydrogen-bond donors (Lipinski definition) is 1. The van der Waals surface area contributed by atoms with E-state index in [0.29, 0.717) is 35.3 Å². The average molecular weight is 404 g/mol. The molecule has 9 heteroatoms. The molecule has 0 radical (unpaired) electrons. The Morgan fingerprint density at radius 3 is 2.75 bits per heavy atom. The van der Waals surface area contributed by atoms with Crippen LogP contribution in [0, 0.1) is 17.1 Å². The Labute approximate surface area is 163 Å². The molecule has 1 aliphatic rings. The highest BCUT2D eigenvalue weighted by atomic mass is 35.5. The molecule has 0 spiro atoms. The summed E-state index contributed by atoms with van der Waals surface area (Å²) in [4.78, 5) is 12.5. The molecule has 0 bridgehead atoms. The minimum atomic E-state index is -2.89. The van der Waals surface area contributed by atoms with Gasteiger partial charge in [0.2, 0.25) is 0 Å². The summed E-state index contributed by atoms with van der Waals surface area (Å²) in [6.07, 6.45) is -0.234. The van der Waals surface area contributed by atoms with Gasteiger partial charge in [0.05, 0.1) is 22.4 Å². The highest BCUT2D eigenvalue weighted by Gasteiger charge is 2.47. The van der Waals surface area contributed by atoms with E-state index in [1.54, 1.807) is 6.07 Å². The van der Waals surface area contributed by atoms with Gasteiger partial charge in [-0.1, -0.05) is 29.8 Å². The number of nitriles is 1. The van der Waals surface area contributed by atoms with Crippen LogP contribution in [-0.2, 0) is 12.0 Å². The minimum absolute atomic E-state index is 0.0557. The smallest absolute Gasteiger partial charge is 0.266 e. The maximum absolute atomic E-state index is 14.2. The molecular weight excluding hydrogens is 391 g/mol. The second-order valence-electron chi connectivity index (χ2n) is 6.59. The van der Waals surface area contributed by atoms with Crippen molar-refractivity contribution in [1.29, 1.82) is 5.26 Å². The normalized spacial score (nSPS) is 14.9. The van der Waals surface area contributed by atoms with Gasteiger partial charge < -0.3 is 5.32 Å². The largest absolute Gasteiger partial charge is 0.365 e. The molecule has 1 fully saturated rings.